The predicted molar refractivity (Wildman–Crippen MR) is 108 cm³/mol. The molecule has 0 aliphatic heterocycles. The first-order chi connectivity index (χ1) is 10.7. The quantitative estimate of drug-likeness (QED) is 0.719. The summed E-state index contributed by atoms with van der Waals surface area (Å²) in [6, 6.07) is 10.2. The van der Waals surface area contributed by atoms with Crippen LogP contribution in [0.3, 0.4) is 0 Å². The third-order valence-corrected chi connectivity index (χ3v) is 11.0. The molecule has 138 valence electrons. The van der Waals surface area contributed by atoms with Gasteiger partial charge < -0.3 is 4.43 Å². The molecule has 0 spiro atoms. The maximum Gasteiger partial charge on any atom is 0.192 e. The molecular weight excluding hydrogens is 334 g/mol. The number of nitrogens with one attached hydrogen (secondary N) is 1. The van der Waals surface area contributed by atoms with E-state index in [1.807, 2.05) is 39.0 Å². The van der Waals surface area contributed by atoms with Crippen LogP contribution in [0.4, 0.5) is 0 Å². The number of benzene rings is 1. The van der Waals surface area contributed by atoms with Crippen molar-refractivity contribution in [2.75, 3.05) is 6.61 Å². The van der Waals surface area contributed by atoms with Gasteiger partial charge in [-0.2, -0.15) is 0 Å². The maximum atomic E-state index is 12.7. The Morgan fingerprint density at radius 2 is 1.50 bits per heavy atom. The van der Waals surface area contributed by atoms with Crippen LogP contribution in [-0.2, 0) is 21.0 Å². The molecule has 1 unspecified atom stereocenters. The molecule has 5 heteroatoms. The lowest BCUT2D eigenvalue weighted by atomic mass is 9.94. The van der Waals surface area contributed by atoms with E-state index in [4.69, 9.17) is 4.43 Å². The second-order valence-electron chi connectivity index (χ2n) is 9.23. The predicted octanol–water partition coefficient (Wildman–Crippen LogP) is 4.98. The van der Waals surface area contributed by atoms with Crippen LogP contribution in [0.25, 0.3) is 0 Å². The first-order valence-corrected chi connectivity index (χ1v) is 12.6. The lowest BCUT2D eigenvalue weighted by molar-refractivity contribution is 0.200. The molecule has 3 nitrogen and oxygen atoms in total. The molecular formula is C19H35NO2SSi. The fourth-order valence-corrected chi connectivity index (χ4v) is 3.85. The maximum absolute atomic E-state index is 12.7. The minimum Gasteiger partial charge on any atom is -0.415 e. The van der Waals surface area contributed by atoms with Gasteiger partial charge in [0.25, 0.3) is 0 Å². The Labute approximate surface area is 152 Å². The van der Waals surface area contributed by atoms with Crippen LogP contribution >= 0.6 is 0 Å². The fourth-order valence-electron chi connectivity index (χ4n) is 1.88. The minimum absolute atomic E-state index is 0.147. The van der Waals surface area contributed by atoms with Crippen LogP contribution in [0.15, 0.2) is 30.3 Å². The minimum atomic E-state index is -1.88. The Morgan fingerprint density at radius 3 is 1.92 bits per heavy atom. The Balaban J connectivity index is 3.10. The molecule has 0 heterocycles. The van der Waals surface area contributed by atoms with Gasteiger partial charge in [-0.25, -0.2) is 8.93 Å². The van der Waals surface area contributed by atoms with Gasteiger partial charge in [-0.05, 0) is 51.4 Å². The third kappa shape index (κ3) is 5.51. The van der Waals surface area contributed by atoms with Crippen molar-refractivity contribution in [1.29, 1.82) is 0 Å². The van der Waals surface area contributed by atoms with Crippen LogP contribution in [0.1, 0.15) is 54.0 Å². The molecule has 0 aliphatic carbocycles. The zero-order valence-corrected chi connectivity index (χ0v) is 18.6. The van der Waals surface area contributed by atoms with Crippen molar-refractivity contribution in [2.45, 2.75) is 76.9 Å². The van der Waals surface area contributed by atoms with Gasteiger partial charge in [-0.15, -0.1) is 0 Å². The van der Waals surface area contributed by atoms with E-state index in [9.17, 15) is 4.21 Å². The lowest BCUT2D eigenvalue weighted by Crippen LogP contribution is -2.52. The molecule has 1 aromatic carbocycles. The molecule has 24 heavy (non-hydrogen) atoms. The van der Waals surface area contributed by atoms with Crippen LogP contribution in [0.2, 0.25) is 18.1 Å². The molecule has 1 aromatic rings. The summed E-state index contributed by atoms with van der Waals surface area (Å²) in [6.45, 7) is 19.7. The monoisotopic (exact) mass is 369 g/mol. The molecule has 0 saturated carbocycles. The highest BCUT2D eigenvalue weighted by molar-refractivity contribution is 7.84. The van der Waals surface area contributed by atoms with Crippen molar-refractivity contribution in [1.82, 2.24) is 4.72 Å². The molecule has 0 aromatic heterocycles. The van der Waals surface area contributed by atoms with Crippen molar-refractivity contribution < 1.29 is 8.63 Å². The topological polar surface area (TPSA) is 38.3 Å². The van der Waals surface area contributed by atoms with E-state index in [1.54, 1.807) is 0 Å². The summed E-state index contributed by atoms with van der Waals surface area (Å²) in [7, 11) is -3.05. The van der Waals surface area contributed by atoms with Gasteiger partial charge >= 0.3 is 0 Å². The standard InChI is InChI=1S/C19H35NO2SSi/c1-17(2,3)23(21)20-19(7,16-13-11-10-12-14-16)15-22-24(8,9)18(4,5)6/h10-14,20H,15H2,1-9H3/t19-,23?/m0/s1. The SMILES string of the molecule is CC(C)(C)S(=O)N[C@@](C)(CO[Si](C)(C)C(C)(C)C)c1ccccc1. The summed E-state index contributed by atoms with van der Waals surface area (Å²) in [5, 5.41) is 0.147. The van der Waals surface area contributed by atoms with E-state index >= 15 is 0 Å². The van der Waals surface area contributed by atoms with E-state index in [-0.39, 0.29) is 9.79 Å². The summed E-state index contributed by atoms with van der Waals surface area (Å²) in [4.78, 5) is 0. The van der Waals surface area contributed by atoms with Crippen molar-refractivity contribution in [3.05, 3.63) is 35.9 Å². The van der Waals surface area contributed by atoms with Crippen molar-refractivity contribution in [2.24, 2.45) is 0 Å². The molecule has 0 aliphatic rings. The van der Waals surface area contributed by atoms with Crippen LogP contribution in [0.5, 0.6) is 0 Å². The largest absolute Gasteiger partial charge is 0.415 e. The van der Waals surface area contributed by atoms with Gasteiger partial charge in [0.15, 0.2) is 8.32 Å². The number of rotatable bonds is 6. The van der Waals surface area contributed by atoms with Gasteiger partial charge in [-0.1, -0.05) is 51.1 Å². The lowest BCUT2D eigenvalue weighted by Gasteiger charge is -2.41. The van der Waals surface area contributed by atoms with Gasteiger partial charge in [-0.3, -0.25) is 0 Å². The third-order valence-electron chi connectivity index (χ3n) is 4.81. The molecule has 0 amide bonds. The summed E-state index contributed by atoms with van der Waals surface area (Å²) in [6.07, 6.45) is 0. The molecule has 2 atom stereocenters. The van der Waals surface area contributed by atoms with Crippen molar-refractivity contribution >= 4 is 19.3 Å². The number of hydrogen-bond acceptors (Lipinski definition) is 2. The summed E-state index contributed by atoms with van der Waals surface area (Å²) >= 11 is 0. The highest BCUT2D eigenvalue weighted by atomic mass is 32.2. The molecule has 1 N–H and O–H groups in total. The summed E-state index contributed by atoms with van der Waals surface area (Å²) in [5.41, 5.74) is 0.607. The van der Waals surface area contributed by atoms with Gasteiger partial charge in [0.05, 0.1) is 27.9 Å². The van der Waals surface area contributed by atoms with E-state index in [1.165, 1.54) is 0 Å². The Kier molecular flexibility index (Phi) is 6.64. The van der Waals surface area contributed by atoms with Crippen LogP contribution in [0, 0.1) is 0 Å². The smallest absolute Gasteiger partial charge is 0.192 e. The normalized spacial score (nSPS) is 17.4. The fraction of sp³-hybridized carbons (Fsp3) is 0.684. The summed E-state index contributed by atoms with van der Waals surface area (Å²) in [5.74, 6) is 0. The second-order valence-corrected chi connectivity index (χ2v) is 16.0. The van der Waals surface area contributed by atoms with Crippen molar-refractivity contribution in [3.63, 3.8) is 0 Å². The Hall–Kier alpha value is -0.493. The van der Waals surface area contributed by atoms with Crippen LogP contribution < -0.4 is 4.72 Å². The molecule has 0 fully saturated rings. The highest BCUT2D eigenvalue weighted by Crippen LogP contribution is 2.38. The van der Waals surface area contributed by atoms with Crippen molar-refractivity contribution in [3.8, 4) is 0 Å². The molecule has 0 bridgehead atoms. The van der Waals surface area contributed by atoms with E-state index in [0.29, 0.717) is 6.61 Å². The van der Waals surface area contributed by atoms with Crippen LogP contribution in [-0.4, -0.2) is 23.9 Å². The average Bonchev–Trinajstić information content (AvgIpc) is 2.44. The second kappa shape index (κ2) is 7.40. The Bertz CT molecular complexity index is 561. The zero-order chi connectivity index (χ0) is 18.8. The molecule has 1 rings (SSSR count). The molecule has 0 saturated heterocycles. The van der Waals surface area contributed by atoms with Gasteiger partial charge in [0, 0.05) is 0 Å². The van der Waals surface area contributed by atoms with Gasteiger partial charge in [0.1, 0.15) is 0 Å². The molecule has 0 radical (unpaired) electrons. The first kappa shape index (κ1) is 21.5. The Morgan fingerprint density at radius 1 is 1.00 bits per heavy atom. The van der Waals surface area contributed by atoms with E-state index < -0.39 is 24.8 Å². The van der Waals surface area contributed by atoms with E-state index in [0.717, 1.165) is 5.56 Å². The average molecular weight is 370 g/mol. The van der Waals surface area contributed by atoms with Gasteiger partial charge in [0.2, 0.25) is 0 Å². The zero-order valence-electron chi connectivity index (χ0n) is 16.8. The highest BCUT2D eigenvalue weighted by Gasteiger charge is 2.40. The number of hydrogen-bond donors (Lipinski definition) is 1. The first-order valence-electron chi connectivity index (χ1n) is 8.58. The van der Waals surface area contributed by atoms with E-state index in [2.05, 4.69) is 57.6 Å². The summed E-state index contributed by atoms with van der Waals surface area (Å²) < 4.78 is 22.2.